The highest BCUT2D eigenvalue weighted by molar-refractivity contribution is 6.31. The summed E-state index contributed by atoms with van der Waals surface area (Å²) >= 11 is 6.42. The van der Waals surface area contributed by atoms with Gasteiger partial charge in [0.25, 0.3) is 5.91 Å². The first-order valence-corrected chi connectivity index (χ1v) is 10.7. The first kappa shape index (κ1) is 18.5. The number of pyridine rings is 1. The molecule has 1 aliphatic carbocycles. The summed E-state index contributed by atoms with van der Waals surface area (Å²) in [5, 5.41) is 4.86. The van der Waals surface area contributed by atoms with E-state index in [9.17, 15) is 4.79 Å². The lowest BCUT2D eigenvalue weighted by Gasteiger charge is -2.28. The van der Waals surface area contributed by atoms with Crippen LogP contribution in [-0.2, 0) is 11.2 Å². The fourth-order valence-electron chi connectivity index (χ4n) is 4.73. The molecule has 0 bridgehead atoms. The van der Waals surface area contributed by atoms with E-state index in [2.05, 4.69) is 22.2 Å². The summed E-state index contributed by atoms with van der Waals surface area (Å²) in [5.74, 6) is 1.39. The topological polar surface area (TPSA) is 67.0 Å². The van der Waals surface area contributed by atoms with E-state index in [1.807, 2.05) is 30.5 Å². The molecule has 150 valence electrons. The van der Waals surface area contributed by atoms with Gasteiger partial charge < -0.3 is 15.0 Å². The number of carbonyl (C=O) groups is 1. The Kier molecular flexibility index (Phi) is 4.70. The zero-order chi connectivity index (χ0) is 20.0. The molecule has 3 heterocycles. The predicted molar refractivity (Wildman–Crippen MR) is 114 cm³/mol. The van der Waals surface area contributed by atoms with Crippen LogP contribution < -0.4 is 10.1 Å². The number of nitrogens with one attached hydrogen (secondary N) is 2. The number of H-pyrrole nitrogens is 1. The number of carbonyl (C=O) groups excluding carboxylic acids is 1. The molecule has 2 aliphatic rings. The van der Waals surface area contributed by atoms with Crippen LogP contribution in [0, 0.1) is 5.92 Å². The fraction of sp³-hybridized carbons (Fsp3) is 0.391. The van der Waals surface area contributed by atoms with Gasteiger partial charge in [-0.25, -0.2) is 4.98 Å². The van der Waals surface area contributed by atoms with Gasteiger partial charge in [0.1, 0.15) is 11.4 Å². The van der Waals surface area contributed by atoms with E-state index in [1.165, 1.54) is 12.8 Å². The second-order valence-corrected chi connectivity index (χ2v) is 8.76. The Morgan fingerprint density at radius 2 is 2.17 bits per heavy atom. The molecule has 29 heavy (non-hydrogen) atoms. The molecule has 2 aromatic heterocycles. The molecule has 3 atom stereocenters. The number of aromatic nitrogens is 2. The lowest BCUT2D eigenvalue weighted by molar-refractivity contribution is -0.128. The van der Waals surface area contributed by atoms with Crippen molar-refractivity contribution in [2.75, 3.05) is 0 Å². The standard InChI is InChI=1S/C23H24ClN3O2/c1-13-3-2-4-16(9-13)27-23(28)20-11-14-10-15(24)12-19(21(14)29-20)17-5-7-25-22-18(17)6-8-26-22/h5-8,10,12-13,16,20H,2-4,9,11H2,1H3,(H,25,26)(H,27,28). The Bertz CT molecular complexity index is 1080. The van der Waals surface area contributed by atoms with Crippen LogP contribution in [0.4, 0.5) is 0 Å². The largest absolute Gasteiger partial charge is 0.479 e. The van der Waals surface area contributed by atoms with Gasteiger partial charge in [0.2, 0.25) is 0 Å². The average Bonchev–Trinajstić information content (AvgIpc) is 3.34. The number of nitrogens with zero attached hydrogens (tertiary/aromatic N) is 1. The van der Waals surface area contributed by atoms with Gasteiger partial charge in [-0.15, -0.1) is 0 Å². The Balaban J connectivity index is 1.43. The van der Waals surface area contributed by atoms with E-state index in [0.29, 0.717) is 17.4 Å². The molecule has 0 saturated heterocycles. The summed E-state index contributed by atoms with van der Waals surface area (Å²) in [6, 6.07) is 8.02. The normalized spacial score (nSPS) is 23.6. The molecule has 1 fully saturated rings. The summed E-state index contributed by atoms with van der Waals surface area (Å²) in [5.41, 5.74) is 3.69. The number of aromatic amines is 1. The van der Waals surface area contributed by atoms with Crippen LogP contribution in [0.3, 0.4) is 0 Å². The third-order valence-corrected chi connectivity index (χ3v) is 6.34. The summed E-state index contributed by atoms with van der Waals surface area (Å²) < 4.78 is 6.20. The Morgan fingerprint density at radius 1 is 1.28 bits per heavy atom. The molecule has 1 saturated carbocycles. The first-order chi connectivity index (χ1) is 14.1. The number of halogens is 1. The average molecular weight is 410 g/mol. The highest BCUT2D eigenvalue weighted by atomic mass is 35.5. The minimum atomic E-state index is -0.511. The van der Waals surface area contributed by atoms with Gasteiger partial charge >= 0.3 is 0 Å². The first-order valence-electron chi connectivity index (χ1n) is 10.3. The number of hydrogen-bond acceptors (Lipinski definition) is 3. The van der Waals surface area contributed by atoms with E-state index in [1.54, 1.807) is 6.20 Å². The van der Waals surface area contributed by atoms with E-state index < -0.39 is 6.10 Å². The quantitative estimate of drug-likeness (QED) is 0.647. The lowest BCUT2D eigenvalue weighted by Crippen LogP contribution is -2.44. The SMILES string of the molecule is CC1CCCC(NC(=O)C2Cc3cc(Cl)cc(-c4ccnc5[nH]ccc45)c3O2)C1. The number of fused-ring (bicyclic) bond motifs is 2. The highest BCUT2D eigenvalue weighted by Crippen LogP contribution is 2.43. The maximum absolute atomic E-state index is 12.9. The maximum atomic E-state index is 12.9. The number of rotatable bonds is 3. The molecular weight excluding hydrogens is 386 g/mol. The lowest BCUT2D eigenvalue weighted by atomic mass is 9.87. The molecule has 3 unspecified atom stereocenters. The van der Waals surface area contributed by atoms with Crippen LogP contribution in [0.15, 0.2) is 36.7 Å². The van der Waals surface area contributed by atoms with Crippen LogP contribution in [0.25, 0.3) is 22.2 Å². The van der Waals surface area contributed by atoms with Crippen molar-refractivity contribution in [1.82, 2.24) is 15.3 Å². The van der Waals surface area contributed by atoms with Crippen LogP contribution >= 0.6 is 11.6 Å². The van der Waals surface area contributed by atoms with Crippen molar-refractivity contribution >= 4 is 28.5 Å². The number of amides is 1. The third-order valence-electron chi connectivity index (χ3n) is 6.12. The van der Waals surface area contributed by atoms with Crippen molar-refractivity contribution < 1.29 is 9.53 Å². The van der Waals surface area contributed by atoms with Crippen molar-refractivity contribution in [1.29, 1.82) is 0 Å². The van der Waals surface area contributed by atoms with E-state index in [4.69, 9.17) is 16.3 Å². The molecule has 5 nitrogen and oxygen atoms in total. The fourth-order valence-corrected chi connectivity index (χ4v) is 4.97. The Labute approximate surface area is 174 Å². The highest BCUT2D eigenvalue weighted by Gasteiger charge is 2.33. The minimum Gasteiger partial charge on any atom is -0.479 e. The van der Waals surface area contributed by atoms with Gasteiger partial charge in [-0.2, -0.15) is 0 Å². The molecule has 6 heteroatoms. The predicted octanol–water partition coefficient (Wildman–Crippen LogP) is 4.88. The van der Waals surface area contributed by atoms with E-state index in [0.717, 1.165) is 46.3 Å². The third kappa shape index (κ3) is 3.48. The van der Waals surface area contributed by atoms with Crippen molar-refractivity contribution in [2.45, 2.75) is 51.2 Å². The van der Waals surface area contributed by atoms with Crippen LogP contribution in [0.5, 0.6) is 5.75 Å². The van der Waals surface area contributed by atoms with Gasteiger partial charge in [0.05, 0.1) is 0 Å². The number of benzene rings is 1. The van der Waals surface area contributed by atoms with E-state index >= 15 is 0 Å². The molecule has 2 N–H and O–H groups in total. The monoisotopic (exact) mass is 409 g/mol. The van der Waals surface area contributed by atoms with Gasteiger partial charge in [-0.1, -0.05) is 31.4 Å². The summed E-state index contributed by atoms with van der Waals surface area (Å²) in [7, 11) is 0. The molecule has 5 rings (SSSR count). The smallest absolute Gasteiger partial charge is 0.261 e. The molecule has 3 aromatic rings. The van der Waals surface area contributed by atoms with Crippen LogP contribution in [0.1, 0.15) is 38.2 Å². The molecular formula is C23H24ClN3O2. The van der Waals surface area contributed by atoms with Gasteiger partial charge in [0, 0.05) is 46.4 Å². The molecule has 0 spiro atoms. The second kappa shape index (κ2) is 7.38. The molecule has 1 aromatic carbocycles. The minimum absolute atomic E-state index is 0.0242. The Hall–Kier alpha value is -2.53. The molecule has 0 radical (unpaired) electrons. The van der Waals surface area contributed by atoms with Crippen molar-refractivity contribution in [3.05, 3.63) is 47.2 Å². The summed E-state index contributed by atoms with van der Waals surface area (Å²) in [4.78, 5) is 20.4. The molecule has 1 amide bonds. The summed E-state index contributed by atoms with van der Waals surface area (Å²) in [6.07, 6.45) is 8.19. The second-order valence-electron chi connectivity index (χ2n) is 8.33. The summed E-state index contributed by atoms with van der Waals surface area (Å²) in [6.45, 7) is 2.25. The number of hydrogen-bond donors (Lipinski definition) is 2. The van der Waals surface area contributed by atoms with Crippen molar-refractivity contribution in [3.8, 4) is 16.9 Å². The van der Waals surface area contributed by atoms with Crippen LogP contribution in [-0.4, -0.2) is 28.0 Å². The van der Waals surface area contributed by atoms with E-state index in [-0.39, 0.29) is 11.9 Å². The maximum Gasteiger partial charge on any atom is 0.261 e. The Morgan fingerprint density at radius 3 is 3.03 bits per heavy atom. The van der Waals surface area contributed by atoms with Crippen molar-refractivity contribution in [3.63, 3.8) is 0 Å². The van der Waals surface area contributed by atoms with Gasteiger partial charge in [0.15, 0.2) is 6.10 Å². The molecule has 1 aliphatic heterocycles. The number of ether oxygens (including phenoxy) is 1. The van der Waals surface area contributed by atoms with Crippen LogP contribution in [0.2, 0.25) is 5.02 Å². The zero-order valence-corrected chi connectivity index (χ0v) is 17.1. The van der Waals surface area contributed by atoms with Gasteiger partial charge in [-0.05, 0) is 48.6 Å². The van der Waals surface area contributed by atoms with Gasteiger partial charge in [-0.3, -0.25) is 4.79 Å². The zero-order valence-electron chi connectivity index (χ0n) is 16.4. The van der Waals surface area contributed by atoms with Crippen molar-refractivity contribution in [2.24, 2.45) is 5.92 Å².